The maximum atomic E-state index is 4.05. The monoisotopic (exact) mass is 386 g/mol. The molecule has 2 N–H and O–H groups in total. The number of aryl methyl sites for hydroxylation is 5. The molecule has 0 aliphatic rings. The molecule has 4 rings (SSSR count). The number of hydrogen-bond donors (Lipinski definition) is 2. The average molecular weight is 387 g/mol. The van der Waals surface area contributed by atoms with E-state index in [2.05, 4.69) is 93.1 Å². The molecule has 0 aliphatic heterocycles. The third-order valence-corrected chi connectivity index (χ3v) is 5.78. The van der Waals surface area contributed by atoms with Gasteiger partial charge in [0.25, 0.3) is 0 Å². The minimum Gasteiger partial charge on any atom is -0.278 e. The molecule has 0 amide bonds. The lowest BCUT2D eigenvalue weighted by molar-refractivity contribution is 1.09. The number of hydrogen-bond acceptors (Lipinski definition) is 2. The molecule has 0 aliphatic carbocycles. The first kappa shape index (κ1) is 20.6. The van der Waals surface area contributed by atoms with Crippen LogP contribution >= 0.6 is 0 Å². The quantitative estimate of drug-likeness (QED) is 0.424. The Morgan fingerprint density at radius 2 is 1.10 bits per heavy atom. The van der Waals surface area contributed by atoms with E-state index in [4.69, 9.17) is 0 Å². The average Bonchev–Trinajstić information content (AvgIpc) is 3.36. The second-order valence-electron chi connectivity index (χ2n) is 7.87. The molecule has 2 heterocycles. The molecule has 0 spiro atoms. The summed E-state index contributed by atoms with van der Waals surface area (Å²) >= 11 is 0. The van der Waals surface area contributed by atoms with Gasteiger partial charge in [-0.15, -0.1) is 0 Å². The molecule has 0 bridgehead atoms. The van der Waals surface area contributed by atoms with Gasteiger partial charge in [-0.1, -0.05) is 0 Å². The van der Waals surface area contributed by atoms with Crippen LogP contribution in [0.5, 0.6) is 0 Å². The Morgan fingerprint density at radius 1 is 0.586 bits per heavy atom. The van der Waals surface area contributed by atoms with Crippen molar-refractivity contribution in [1.82, 2.24) is 20.4 Å². The lowest BCUT2D eigenvalue weighted by Gasteiger charge is -2.08. The van der Waals surface area contributed by atoms with Gasteiger partial charge in [0, 0.05) is 17.3 Å². The van der Waals surface area contributed by atoms with Crippen LogP contribution in [0.4, 0.5) is 0 Å². The Kier molecular flexibility index (Phi) is 6.02. The van der Waals surface area contributed by atoms with E-state index in [-0.39, 0.29) is 0 Å². The van der Waals surface area contributed by atoms with Gasteiger partial charge >= 0.3 is 0 Å². The molecule has 0 saturated heterocycles. The fourth-order valence-electron chi connectivity index (χ4n) is 3.43. The van der Waals surface area contributed by atoms with Gasteiger partial charge in [-0.05, 0) is 118 Å². The Morgan fingerprint density at radius 3 is 1.52 bits per heavy atom. The van der Waals surface area contributed by atoms with Crippen molar-refractivity contribution in [3.63, 3.8) is 0 Å². The van der Waals surface area contributed by atoms with E-state index in [0.717, 1.165) is 11.4 Å². The van der Waals surface area contributed by atoms with E-state index < -0.39 is 0 Å². The van der Waals surface area contributed by atoms with Crippen LogP contribution in [0.3, 0.4) is 0 Å². The van der Waals surface area contributed by atoms with Gasteiger partial charge in [0.1, 0.15) is 0 Å². The predicted molar refractivity (Wildman–Crippen MR) is 121 cm³/mol. The summed E-state index contributed by atoms with van der Waals surface area (Å²) in [6.07, 6.45) is 3.64. The molecule has 2 aromatic heterocycles. The standard InChI is InChI=1S/C13H16N2.C12H14N2/c1-8-5-12(6-9(2)11(8)4)13-10(3)7-14-15-13;1-8-6-11(7-9(2)10(8)3)12-4-5-13-14-12/h5-7H,1-4H3,(H,14,15);4-7H,1-3H3,(H,13,14). The van der Waals surface area contributed by atoms with Gasteiger partial charge in [0.05, 0.1) is 17.6 Å². The molecule has 4 heteroatoms. The Labute approximate surface area is 173 Å². The van der Waals surface area contributed by atoms with Crippen LogP contribution in [-0.4, -0.2) is 20.4 Å². The van der Waals surface area contributed by atoms with Crippen molar-refractivity contribution in [3.05, 3.63) is 81.7 Å². The maximum Gasteiger partial charge on any atom is 0.0679 e. The Hall–Kier alpha value is -3.14. The van der Waals surface area contributed by atoms with Gasteiger partial charge in [-0.3, -0.25) is 10.2 Å². The summed E-state index contributed by atoms with van der Waals surface area (Å²) < 4.78 is 0. The highest BCUT2D eigenvalue weighted by Gasteiger charge is 2.07. The van der Waals surface area contributed by atoms with Crippen molar-refractivity contribution >= 4 is 0 Å². The highest BCUT2D eigenvalue weighted by atomic mass is 15.1. The molecule has 150 valence electrons. The summed E-state index contributed by atoms with van der Waals surface area (Å²) in [5.41, 5.74) is 13.9. The zero-order chi connectivity index (χ0) is 21.1. The van der Waals surface area contributed by atoms with E-state index in [0.29, 0.717) is 0 Å². The highest BCUT2D eigenvalue weighted by molar-refractivity contribution is 5.65. The second-order valence-corrected chi connectivity index (χ2v) is 7.87. The third kappa shape index (κ3) is 4.48. The zero-order valence-corrected chi connectivity index (χ0v) is 18.4. The third-order valence-electron chi connectivity index (χ3n) is 5.78. The molecular formula is C25H30N4. The topological polar surface area (TPSA) is 57.4 Å². The minimum atomic E-state index is 1.08. The normalized spacial score (nSPS) is 10.6. The molecule has 2 aromatic carbocycles. The zero-order valence-electron chi connectivity index (χ0n) is 18.4. The number of nitrogens with one attached hydrogen (secondary N) is 2. The van der Waals surface area contributed by atoms with Crippen LogP contribution in [0, 0.1) is 48.5 Å². The molecule has 0 saturated carbocycles. The number of aromatic amines is 2. The maximum absolute atomic E-state index is 4.05. The van der Waals surface area contributed by atoms with Gasteiger partial charge in [0.15, 0.2) is 0 Å². The lowest BCUT2D eigenvalue weighted by Crippen LogP contribution is -1.90. The van der Waals surface area contributed by atoms with Gasteiger partial charge in [0.2, 0.25) is 0 Å². The molecule has 4 aromatic rings. The van der Waals surface area contributed by atoms with Crippen molar-refractivity contribution in [2.75, 3.05) is 0 Å². The van der Waals surface area contributed by atoms with Crippen molar-refractivity contribution in [2.45, 2.75) is 48.5 Å². The van der Waals surface area contributed by atoms with E-state index in [1.807, 2.05) is 12.3 Å². The smallest absolute Gasteiger partial charge is 0.0679 e. The van der Waals surface area contributed by atoms with Crippen LogP contribution in [0.2, 0.25) is 0 Å². The lowest BCUT2D eigenvalue weighted by atomic mass is 9.98. The first-order valence-corrected chi connectivity index (χ1v) is 9.93. The fourth-order valence-corrected chi connectivity index (χ4v) is 3.43. The molecule has 0 radical (unpaired) electrons. The Bertz CT molecular complexity index is 1070. The first-order valence-electron chi connectivity index (χ1n) is 9.93. The summed E-state index contributed by atoms with van der Waals surface area (Å²) in [5, 5.41) is 14.0. The second kappa shape index (κ2) is 8.48. The van der Waals surface area contributed by atoms with E-state index in [1.54, 1.807) is 6.20 Å². The SMILES string of the molecule is Cc1cc(-c2ccn[nH]2)cc(C)c1C.Cc1cn[nH]c1-c1cc(C)c(C)c(C)c1. The molecule has 29 heavy (non-hydrogen) atoms. The highest BCUT2D eigenvalue weighted by Crippen LogP contribution is 2.25. The van der Waals surface area contributed by atoms with Crippen LogP contribution in [0.25, 0.3) is 22.5 Å². The van der Waals surface area contributed by atoms with E-state index >= 15 is 0 Å². The number of H-pyrrole nitrogens is 2. The summed E-state index contributed by atoms with van der Waals surface area (Å²) in [4.78, 5) is 0. The van der Waals surface area contributed by atoms with Crippen LogP contribution in [0.1, 0.15) is 38.9 Å². The van der Waals surface area contributed by atoms with Crippen molar-refractivity contribution in [1.29, 1.82) is 0 Å². The summed E-state index contributed by atoms with van der Waals surface area (Å²) in [5.74, 6) is 0. The minimum absolute atomic E-state index is 1.08. The van der Waals surface area contributed by atoms with Gasteiger partial charge in [-0.2, -0.15) is 10.2 Å². The number of benzene rings is 2. The van der Waals surface area contributed by atoms with E-state index in [9.17, 15) is 0 Å². The van der Waals surface area contributed by atoms with E-state index in [1.165, 1.54) is 50.1 Å². The summed E-state index contributed by atoms with van der Waals surface area (Å²) in [6.45, 7) is 15.0. The van der Waals surface area contributed by atoms with Crippen molar-refractivity contribution in [2.24, 2.45) is 0 Å². The van der Waals surface area contributed by atoms with Gasteiger partial charge in [-0.25, -0.2) is 0 Å². The molecule has 4 nitrogen and oxygen atoms in total. The number of aromatic nitrogens is 4. The van der Waals surface area contributed by atoms with Crippen LogP contribution in [0.15, 0.2) is 42.7 Å². The van der Waals surface area contributed by atoms with Crippen LogP contribution < -0.4 is 0 Å². The Balaban J connectivity index is 0.000000166. The molecule has 0 atom stereocenters. The summed E-state index contributed by atoms with van der Waals surface area (Å²) in [6, 6.07) is 10.8. The number of nitrogens with zero attached hydrogens (tertiary/aromatic N) is 2. The molecule has 0 unspecified atom stereocenters. The molecule has 0 fully saturated rings. The first-order chi connectivity index (χ1) is 13.8. The largest absolute Gasteiger partial charge is 0.278 e. The predicted octanol–water partition coefficient (Wildman–Crippen LogP) is 6.31. The van der Waals surface area contributed by atoms with Crippen molar-refractivity contribution in [3.8, 4) is 22.5 Å². The molecular weight excluding hydrogens is 356 g/mol. The van der Waals surface area contributed by atoms with Crippen LogP contribution in [-0.2, 0) is 0 Å². The van der Waals surface area contributed by atoms with Crippen molar-refractivity contribution < 1.29 is 0 Å². The van der Waals surface area contributed by atoms with Gasteiger partial charge < -0.3 is 0 Å². The summed E-state index contributed by atoms with van der Waals surface area (Å²) in [7, 11) is 0. The fraction of sp³-hybridized carbons (Fsp3) is 0.280. The number of rotatable bonds is 2.